The van der Waals surface area contributed by atoms with E-state index in [1.165, 1.54) is 82.4 Å². The third-order valence-corrected chi connectivity index (χ3v) is 16.7. The third-order valence-electron chi connectivity index (χ3n) is 16.7. The van der Waals surface area contributed by atoms with Crippen LogP contribution < -0.4 is 0 Å². The van der Waals surface area contributed by atoms with Gasteiger partial charge >= 0.3 is 0 Å². The molecule has 552 valence electrons. The molecule has 103 heavy (non-hydrogen) atoms. The summed E-state index contributed by atoms with van der Waals surface area (Å²) in [7, 11) is 0. The quantitative estimate of drug-likeness (QED) is 0.0871. The van der Waals surface area contributed by atoms with Crippen molar-refractivity contribution < 1.29 is 0 Å². The molecule has 0 atom stereocenters. The molecule has 16 aromatic rings. The van der Waals surface area contributed by atoms with Crippen LogP contribution in [0.3, 0.4) is 0 Å². The van der Waals surface area contributed by atoms with Gasteiger partial charge in [0.05, 0.1) is 22.9 Å². The largest absolute Gasteiger partial charge is 0.361 e. The van der Waals surface area contributed by atoms with Crippen LogP contribution in [0.5, 0.6) is 0 Å². The molecule has 0 saturated heterocycles. The monoisotopic (exact) mass is 1390 g/mol. The van der Waals surface area contributed by atoms with Crippen LogP contribution in [0.1, 0.15) is 255 Å². The number of rotatable bonds is 8. The number of nitrogens with zero attached hydrogens (tertiary/aromatic N) is 9. The fourth-order valence-corrected chi connectivity index (χ4v) is 11.0. The average Bonchev–Trinajstić information content (AvgIpc) is 1.74. The summed E-state index contributed by atoms with van der Waals surface area (Å²) in [6.07, 6.45) is 23.1. The Balaban J connectivity index is 0.000000396. The van der Waals surface area contributed by atoms with Gasteiger partial charge in [-0.3, -0.25) is 0 Å². The molecule has 1 aromatic carbocycles. The first-order valence-electron chi connectivity index (χ1n) is 33.8. The SMILES string of the molecule is C.C.C.C.C.C.C.CC(C)c1c[nH]c2ncccc12.CC(C)c1cc2ccccn2n1.CC(C)c1cc2cccnc2[nH]1.CC(C)c1ccc2cc[nH]c2n1.CC(C)c1cccc2cc[nH]c12.CC(C)c1ccnc2[nH]ccc12.CC(C)c1cnc2[nH]ccc2c1.CC(C)c1cnn2ccccc12. The second kappa shape index (κ2) is 42.1. The van der Waals surface area contributed by atoms with Gasteiger partial charge in [-0.05, 0) is 184 Å². The van der Waals surface area contributed by atoms with Crippen molar-refractivity contribution in [3.05, 3.63) is 259 Å². The summed E-state index contributed by atoms with van der Waals surface area (Å²) in [5.41, 5.74) is 18.9. The van der Waals surface area contributed by atoms with Crippen LogP contribution in [-0.4, -0.2) is 74.1 Å². The summed E-state index contributed by atoms with van der Waals surface area (Å²) < 4.78 is 3.82. The van der Waals surface area contributed by atoms with Gasteiger partial charge in [-0.15, -0.1) is 0 Å². The van der Waals surface area contributed by atoms with E-state index in [1.807, 2.05) is 132 Å². The fourth-order valence-electron chi connectivity index (χ4n) is 11.0. The van der Waals surface area contributed by atoms with Gasteiger partial charge in [-0.1, -0.05) is 193 Å². The lowest BCUT2D eigenvalue weighted by atomic mass is 10.0. The number of aromatic nitrogens is 15. The summed E-state index contributed by atoms with van der Waals surface area (Å²) in [5.74, 6) is 4.35. The standard InChI is InChI=1S/C11H13N.7C10H12N2.7CH4/c1-8(2)10-5-3-4-9-6-7-12-11(9)10;1-7(2)8-3-5-11-10-9(8)4-6-12-10;1-7(2)9-5-8-3-4-11-10(8)12-6-9;1-7(2)9-4-3-8-5-6-11-10(8)12-9;1-7(2)9-6-12-10-8(9)4-3-5-11-10;1-7(2)9-6-8-4-3-5-11-10(8)12-9;1-8(2)9-7-11-12-6-4-3-5-10(9)12;1-8(2)10-7-9-5-3-4-6-12(9)11-10;;;;;;;/h3-8,12H,1-2H3;5*3-7H,1-2H3,(H,11,12);2*3-8H,1-2H3;7*1H4. The molecule has 15 nitrogen and oxygen atoms in total. The van der Waals surface area contributed by atoms with E-state index in [1.54, 1.807) is 0 Å². The van der Waals surface area contributed by atoms with Crippen molar-refractivity contribution in [1.29, 1.82) is 0 Å². The summed E-state index contributed by atoms with van der Waals surface area (Å²) in [6, 6.07) is 47.8. The molecule has 0 aliphatic heterocycles. The lowest BCUT2D eigenvalue weighted by Crippen LogP contribution is -1.91. The molecule has 0 spiro atoms. The van der Waals surface area contributed by atoms with Crippen molar-refractivity contribution in [3.63, 3.8) is 0 Å². The predicted octanol–water partition coefficient (Wildman–Crippen LogP) is 26.1. The van der Waals surface area contributed by atoms with Crippen molar-refractivity contribution in [3.8, 4) is 0 Å². The van der Waals surface area contributed by atoms with Crippen molar-refractivity contribution in [2.75, 3.05) is 0 Å². The molecule has 0 aliphatic rings. The molecular formula is C88H125N15. The highest BCUT2D eigenvalue weighted by Gasteiger charge is 2.11. The Kier molecular flexibility index (Phi) is 36.3. The van der Waals surface area contributed by atoms with Crippen molar-refractivity contribution in [1.82, 2.24) is 74.1 Å². The molecular weight excluding hydrogens is 1270 g/mol. The van der Waals surface area contributed by atoms with Crippen LogP contribution in [0.25, 0.3) is 77.1 Å². The van der Waals surface area contributed by atoms with Gasteiger partial charge in [0.25, 0.3) is 0 Å². The number of pyridine rings is 7. The molecule has 0 unspecified atom stereocenters. The van der Waals surface area contributed by atoms with Gasteiger partial charge < -0.3 is 29.9 Å². The number of H-pyrrole nitrogens is 6. The molecule has 0 radical (unpaired) electrons. The first kappa shape index (κ1) is 88.7. The Labute approximate surface area is 616 Å². The highest BCUT2D eigenvalue weighted by Crippen LogP contribution is 2.27. The minimum atomic E-state index is 0. The second-order valence-electron chi connectivity index (χ2n) is 26.6. The van der Waals surface area contributed by atoms with Crippen LogP contribution in [0.15, 0.2) is 214 Å². The van der Waals surface area contributed by atoms with E-state index in [9.17, 15) is 0 Å². The van der Waals surface area contributed by atoms with E-state index >= 15 is 0 Å². The van der Waals surface area contributed by atoms with Gasteiger partial charge in [0.15, 0.2) is 0 Å². The minimum Gasteiger partial charge on any atom is -0.361 e. The van der Waals surface area contributed by atoms with Gasteiger partial charge in [0.2, 0.25) is 0 Å². The van der Waals surface area contributed by atoms with E-state index in [-0.39, 0.29) is 52.0 Å². The van der Waals surface area contributed by atoms with Crippen LogP contribution in [0, 0.1) is 0 Å². The number of fused-ring (bicyclic) bond motifs is 8. The zero-order chi connectivity index (χ0) is 68.4. The Morgan fingerprint density at radius 1 is 0.340 bits per heavy atom. The molecule has 0 bridgehead atoms. The van der Waals surface area contributed by atoms with E-state index in [4.69, 9.17) is 0 Å². The Bertz CT molecular complexity index is 4550. The normalized spacial score (nSPS) is 10.5. The first-order valence-corrected chi connectivity index (χ1v) is 33.8. The van der Waals surface area contributed by atoms with Gasteiger partial charge in [-0.2, -0.15) is 10.2 Å². The second-order valence-corrected chi connectivity index (χ2v) is 26.6. The Hall–Kier alpha value is -10.4. The van der Waals surface area contributed by atoms with Gasteiger partial charge in [0, 0.05) is 118 Å². The predicted molar refractivity (Wildman–Crippen MR) is 449 cm³/mol. The van der Waals surface area contributed by atoms with Crippen molar-refractivity contribution in [2.45, 2.75) is 210 Å². The molecule has 15 aromatic heterocycles. The maximum absolute atomic E-state index is 4.48. The zero-order valence-electron chi connectivity index (χ0n) is 58.9. The smallest absolute Gasteiger partial charge is 0.137 e. The number of hydrogen-bond donors (Lipinski definition) is 6. The van der Waals surface area contributed by atoms with Crippen molar-refractivity contribution >= 4 is 77.1 Å². The molecule has 16 rings (SSSR count). The van der Waals surface area contributed by atoms with Crippen LogP contribution in [-0.2, 0) is 0 Å². The highest BCUT2D eigenvalue weighted by atomic mass is 15.2. The fraction of sp³-hybridized carbons (Fsp3) is 0.352. The Morgan fingerprint density at radius 3 is 1.55 bits per heavy atom. The average molecular weight is 1390 g/mol. The molecule has 0 amide bonds. The van der Waals surface area contributed by atoms with Gasteiger partial charge in [0.1, 0.15) is 28.2 Å². The number of benzene rings is 1. The number of aromatic amines is 6. The van der Waals surface area contributed by atoms with E-state index < -0.39 is 0 Å². The van der Waals surface area contributed by atoms with E-state index in [0.717, 1.165) is 39.6 Å². The summed E-state index contributed by atoms with van der Waals surface area (Å²) in [5, 5.41) is 16.0. The topological polar surface area (TPSA) is 194 Å². The van der Waals surface area contributed by atoms with Crippen molar-refractivity contribution in [2.24, 2.45) is 0 Å². The lowest BCUT2D eigenvalue weighted by molar-refractivity contribution is 0.788. The minimum absolute atomic E-state index is 0. The van der Waals surface area contributed by atoms with Crippen LogP contribution in [0.4, 0.5) is 0 Å². The molecule has 15 heterocycles. The summed E-state index contributed by atoms with van der Waals surface area (Å²) in [4.78, 5) is 40.5. The van der Waals surface area contributed by atoms with Gasteiger partial charge in [-0.25, -0.2) is 34.0 Å². The molecule has 15 heteroatoms. The number of hydrogen-bond acceptors (Lipinski definition) is 7. The molecule has 6 N–H and O–H groups in total. The molecule has 0 fully saturated rings. The van der Waals surface area contributed by atoms with Crippen LogP contribution in [0.2, 0.25) is 0 Å². The number of nitrogens with one attached hydrogen (secondary N) is 6. The molecule has 0 aliphatic carbocycles. The molecule has 0 saturated carbocycles. The maximum Gasteiger partial charge on any atom is 0.137 e. The first-order chi connectivity index (χ1) is 46.2. The van der Waals surface area contributed by atoms with E-state index in [0.29, 0.717) is 47.3 Å². The maximum atomic E-state index is 4.48. The Morgan fingerprint density at radius 2 is 0.903 bits per heavy atom. The lowest BCUT2D eigenvalue weighted by Gasteiger charge is -2.05. The summed E-state index contributed by atoms with van der Waals surface area (Å²) in [6.45, 7) is 34.9. The highest BCUT2D eigenvalue weighted by molar-refractivity contribution is 5.83. The van der Waals surface area contributed by atoms with Crippen LogP contribution >= 0.6 is 0 Å². The zero-order valence-corrected chi connectivity index (χ0v) is 58.9. The number of para-hydroxylation sites is 1. The summed E-state index contributed by atoms with van der Waals surface area (Å²) >= 11 is 0. The van der Waals surface area contributed by atoms with E-state index in [2.05, 4.69) is 267 Å². The third kappa shape index (κ3) is 23.3.